The number of hydrogen-bond donors (Lipinski definition) is 2. The number of benzene rings is 2. The Morgan fingerprint density at radius 3 is 2.86 bits per heavy atom. The van der Waals surface area contributed by atoms with Gasteiger partial charge in [-0.25, -0.2) is 4.98 Å². The van der Waals surface area contributed by atoms with Gasteiger partial charge in [-0.05, 0) is 25.1 Å². The third-order valence-corrected chi connectivity index (χ3v) is 5.27. The van der Waals surface area contributed by atoms with Gasteiger partial charge in [-0.15, -0.1) is 11.3 Å². The molecule has 2 aromatic carbocycles. The topological polar surface area (TPSA) is 101 Å². The molecule has 0 bridgehead atoms. The molecule has 0 unspecified atom stereocenters. The van der Waals surface area contributed by atoms with Crippen LogP contribution in [0.4, 0.5) is 10.8 Å². The number of nitro groups is 1. The molecule has 2 aromatic heterocycles. The molecule has 2 heterocycles. The number of fused-ring (bicyclic) bond motifs is 1. The smallest absolute Gasteiger partial charge is 0.283 e. The zero-order valence-electron chi connectivity index (χ0n) is 14.5. The van der Waals surface area contributed by atoms with Crippen molar-refractivity contribution in [2.45, 2.75) is 6.92 Å². The van der Waals surface area contributed by atoms with Crippen molar-refractivity contribution in [3.05, 3.63) is 74.2 Å². The van der Waals surface area contributed by atoms with Gasteiger partial charge in [0.15, 0.2) is 5.13 Å². The summed E-state index contributed by atoms with van der Waals surface area (Å²) in [6.07, 6.45) is 0. The lowest BCUT2D eigenvalue weighted by Gasteiger charge is -2.03. The number of para-hydroxylation sites is 1. The second-order valence-electron chi connectivity index (χ2n) is 6.08. The molecule has 0 atom stereocenters. The number of H-pyrrole nitrogens is 1. The number of halogens is 1. The third-order valence-electron chi connectivity index (χ3n) is 4.28. The monoisotopic (exact) mass is 412 g/mol. The molecule has 0 saturated heterocycles. The maximum absolute atomic E-state index is 12.5. The van der Waals surface area contributed by atoms with E-state index in [4.69, 9.17) is 11.6 Å². The SMILES string of the molecule is Cc1[nH]c2ccccc2c1-c1csc(NC(=O)c2ccc(Cl)cc2[N+](=O)[O-])n1. The minimum atomic E-state index is -0.636. The second-order valence-corrected chi connectivity index (χ2v) is 7.38. The highest BCUT2D eigenvalue weighted by atomic mass is 35.5. The number of nitro benzene ring substituents is 1. The number of aryl methyl sites for hydroxylation is 1. The van der Waals surface area contributed by atoms with Crippen LogP contribution < -0.4 is 5.32 Å². The first kappa shape index (κ1) is 18.1. The van der Waals surface area contributed by atoms with Gasteiger partial charge in [-0.2, -0.15) is 0 Å². The Hall–Kier alpha value is -3.23. The fraction of sp³-hybridized carbons (Fsp3) is 0.0526. The molecule has 0 radical (unpaired) electrons. The molecule has 0 fully saturated rings. The van der Waals surface area contributed by atoms with Crippen LogP contribution in [0.2, 0.25) is 5.02 Å². The van der Waals surface area contributed by atoms with Gasteiger partial charge in [0.1, 0.15) is 5.56 Å². The number of rotatable bonds is 4. The minimum absolute atomic E-state index is 0.0746. The largest absolute Gasteiger partial charge is 0.358 e. The highest BCUT2D eigenvalue weighted by molar-refractivity contribution is 7.14. The van der Waals surface area contributed by atoms with E-state index >= 15 is 0 Å². The number of carbonyl (C=O) groups excluding carboxylic acids is 1. The third kappa shape index (κ3) is 3.23. The molecule has 4 aromatic rings. The van der Waals surface area contributed by atoms with E-state index in [0.717, 1.165) is 33.9 Å². The molecule has 28 heavy (non-hydrogen) atoms. The van der Waals surface area contributed by atoms with Crippen LogP contribution in [0, 0.1) is 17.0 Å². The number of anilines is 1. The van der Waals surface area contributed by atoms with Gasteiger partial charge < -0.3 is 4.98 Å². The molecular formula is C19H13ClN4O3S. The lowest BCUT2D eigenvalue weighted by molar-refractivity contribution is -0.385. The normalized spacial score (nSPS) is 10.9. The van der Waals surface area contributed by atoms with Crippen molar-refractivity contribution in [3.63, 3.8) is 0 Å². The number of nitrogens with one attached hydrogen (secondary N) is 2. The van der Waals surface area contributed by atoms with Crippen LogP contribution in [0.15, 0.2) is 47.8 Å². The number of amides is 1. The molecule has 0 aliphatic carbocycles. The molecule has 0 aliphatic heterocycles. The number of aromatic nitrogens is 2. The van der Waals surface area contributed by atoms with Crippen LogP contribution in [-0.2, 0) is 0 Å². The average Bonchev–Trinajstić information content (AvgIpc) is 3.24. The summed E-state index contributed by atoms with van der Waals surface area (Å²) >= 11 is 7.05. The van der Waals surface area contributed by atoms with Crippen molar-refractivity contribution in [2.75, 3.05) is 5.32 Å². The fourth-order valence-electron chi connectivity index (χ4n) is 3.06. The van der Waals surface area contributed by atoms with Gasteiger partial charge in [0.25, 0.3) is 11.6 Å². The Morgan fingerprint density at radius 2 is 2.07 bits per heavy atom. The molecule has 1 amide bonds. The summed E-state index contributed by atoms with van der Waals surface area (Å²) in [6.45, 7) is 1.96. The summed E-state index contributed by atoms with van der Waals surface area (Å²) < 4.78 is 0. The summed E-state index contributed by atoms with van der Waals surface area (Å²) in [5, 5.41) is 17.3. The standard InChI is InChI=1S/C19H13ClN4O3S/c1-10-17(12-4-2-3-5-14(12)21-10)15-9-28-19(22-15)23-18(25)13-7-6-11(20)8-16(13)24(26)27/h2-9,21H,1H3,(H,22,23,25). The highest BCUT2D eigenvalue weighted by Gasteiger charge is 2.22. The van der Waals surface area contributed by atoms with Gasteiger partial charge in [0, 0.05) is 38.6 Å². The van der Waals surface area contributed by atoms with E-state index in [1.807, 2.05) is 36.6 Å². The number of thiazole rings is 1. The molecule has 140 valence electrons. The Kier molecular flexibility index (Phi) is 4.58. The number of nitrogens with zero attached hydrogens (tertiary/aromatic N) is 2. The molecule has 7 nitrogen and oxygen atoms in total. The van der Waals surface area contributed by atoms with Crippen LogP contribution in [0.5, 0.6) is 0 Å². The van der Waals surface area contributed by atoms with Crippen LogP contribution in [0.3, 0.4) is 0 Å². The van der Waals surface area contributed by atoms with E-state index in [2.05, 4.69) is 15.3 Å². The first-order chi connectivity index (χ1) is 13.4. The van der Waals surface area contributed by atoms with E-state index in [-0.39, 0.29) is 16.3 Å². The lowest BCUT2D eigenvalue weighted by atomic mass is 10.1. The van der Waals surface area contributed by atoms with Crippen LogP contribution in [-0.4, -0.2) is 20.8 Å². The van der Waals surface area contributed by atoms with E-state index in [9.17, 15) is 14.9 Å². The van der Waals surface area contributed by atoms with Gasteiger partial charge in [-0.3, -0.25) is 20.2 Å². The number of aromatic amines is 1. The van der Waals surface area contributed by atoms with Crippen molar-refractivity contribution < 1.29 is 9.72 Å². The Morgan fingerprint density at radius 1 is 1.29 bits per heavy atom. The Balaban J connectivity index is 1.65. The summed E-state index contributed by atoms with van der Waals surface area (Å²) in [5.74, 6) is -0.611. The Labute approximate surface area is 168 Å². The maximum atomic E-state index is 12.5. The van der Waals surface area contributed by atoms with Gasteiger partial charge in [0.2, 0.25) is 0 Å². The first-order valence-electron chi connectivity index (χ1n) is 8.22. The van der Waals surface area contributed by atoms with Gasteiger partial charge >= 0.3 is 0 Å². The van der Waals surface area contributed by atoms with Crippen LogP contribution in [0.25, 0.3) is 22.2 Å². The highest BCUT2D eigenvalue weighted by Crippen LogP contribution is 2.34. The predicted octanol–water partition coefficient (Wildman–Crippen LogP) is 5.41. The second kappa shape index (κ2) is 7.06. The van der Waals surface area contributed by atoms with Crippen molar-refractivity contribution in [2.24, 2.45) is 0 Å². The average molecular weight is 413 g/mol. The van der Waals surface area contributed by atoms with Crippen LogP contribution in [0.1, 0.15) is 16.1 Å². The van der Waals surface area contributed by atoms with Gasteiger partial charge in [0.05, 0.1) is 10.6 Å². The van der Waals surface area contributed by atoms with E-state index in [0.29, 0.717) is 5.13 Å². The fourth-order valence-corrected chi connectivity index (χ4v) is 3.93. The Bertz CT molecular complexity index is 1230. The van der Waals surface area contributed by atoms with Crippen molar-refractivity contribution >= 4 is 50.6 Å². The zero-order chi connectivity index (χ0) is 19.8. The summed E-state index contributed by atoms with van der Waals surface area (Å²) in [6, 6.07) is 11.8. The molecule has 9 heteroatoms. The molecule has 0 aliphatic rings. The molecular weight excluding hydrogens is 400 g/mol. The summed E-state index contributed by atoms with van der Waals surface area (Å²) in [5.41, 5.74) is 3.23. The minimum Gasteiger partial charge on any atom is -0.358 e. The van der Waals surface area contributed by atoms with Crippen LogP contribution >= 0.6 is 22.9 Å². The van der Waals surface area contributed by atoms with E-state index < -0.39 is 10.8 Å². The zero-order valence-corrected chi connectivity index (χ0v) is 16.1. The molecule has 0 saturated carbocycles. The number of hydrogen-bond acceptors (Lipinski definition) is 5. The quantitative estimate of drug-likeness (QED) is 0.345. The van der Waals surface area contributed by atoms with E-state index in [1.54, 1.807) is 0 Å². The number of carbonyl (C=O) groups is 1. The first-order valence-corrected chi connectivity index (χ1v) is 9.48. The van der Waals surface area contributed by atoms with E-state index in [1.165, 1.54) is 23.5 Å². The van der Waals surface area contributed by atoms with Crippen molar-refractivity contribution in [1.82, 2.24) is 9.97 Å². The molecule has 2 N–H and O–H groups in total. The lowest BCUT2D eigenvalue weighted by Crippen LogP contribution is -2.13. The predicted molar refractivity (Wildman–Crippen MR) is 110 cm³/mol. The molecule has 4 rings (SSSR count). The van der Waals surface area contributed by atoms with Crippen molar-refractivity contribution in [3.8, 4) is 11.3 Å². The summed E-state index contributed by atoms with van der Waals surface area (Å²) in [4.78, 5) is 30.9. The van der Waals surface area contributed by atoms with Crippen molar-refractivity contribution in [1.29, 1.82) is 0 Å². The maximum Gasteiger partial charge on any atom is 0.283 e. The van der Waals surface area contributed by atoms with Gasteiger partial charge in [-0.1, -0.05) is 29.8 Å². The molecule has 0 spiro atoms. The summed E-state index contributed by atoms with van der Waals surface area (Å²) in [7, 11) is 0.